The molecule has 154 valence electrons. The van der Waals surface area contributed by atoms with Gasteiger partial charge in [0.1, 0.15) is 6.61 Å². The molecular formula is C23H29N3O3. The van der Waals surface area contributed by atoms with Gasteiger partial charge in [0, 0.05) is 37.6 Å². The SMILES string of the molecule is CCN1CCN(c2ccc(NC(=O)C3COc4c(cccc4OC)C3)cc2)CC1. The molecule has 6 heteroatoms. The van der Waals surface area contributed by atoms with Crippen LogP contribution in [0.4, 0.5) is 11.4 Å². The van der Waals surface area contributed by atoms with Crippen molar-refractivity contribution in [2.45, 2.75) is 13.3 Å². The van der Waals surface area contributed by atoms with Gasteiger partial charge in [-0.05, 0) is 48.9 Å². The van der Waals surface area contributed by atoms with Gasteiger partial charge in [0.15, 0.2) is 11.5 Å². The number of fused-ring (bicyclic) bond motifs is 1. The Kier molecular flexibility index (Phi) is 5.90. The van der Waals surface area contributed by atoms with Crippen LogP contribution in [0.25, 0.3) is 0 Å². The number of benzene rings is 2. The summed E-state index contributed by atoms with van der Waals surface area (Å²) in [5.41, 5.74) is 3.04. The quantitative estimate of drug-likeness (QED) is 0.843. The van der Waals surface area contributed by atoms with Gasteiger partial charge < -0.3 is 24.6 Å². The fraction of sp³-hybridized carbons (Fsp3) is 0.435. The monoisotopic (exact) mass is 395 g/mol. The molecule has 1 fully saturated rings. The normalized spacial score (nSPS) is 19.2. The third kappa shape index (κ3) is 4.32. The first kappa shape index (κ1) is 19.6. The second-order valence-corrected chi connectivity index (χ2v) is 7.62. The Bertz CT molecular complexity index is 845. The van der Waals surface area contributed by atoms with E-state index in [0.717, 1.165) is 55.5 Å². The Morgan fingerprint density at radius 1 is 1.14 bits per heavy atom. The van der Waals surface area contributed by atoms with Crippen molar-refractivity contribution < 1.29 is 14.3 Å². The number of hydrogen-bond acceptors (Lipinski definition) is 5. The summed E-state index contributed by atoms with van der Waals surface area (Å²) in [5, 5.41) is 3.04. The molecule has 1 amide bonds. The zero-order chi connectivity index (χ0) is 20.2. The van der Waals surface area contributed by atoms with Gasteiger partial charge in [0.05, 0.1) is 13.0 Å². The third-order valence-electron chi connectivity index (χ3n) is 5.87. The molecule has 1 unspecified atom stereocenters. The van der Waals surface area contributed by atoms with E-state index in [1.54, 1.807) is 7.11 Å². The highest BCUT2D eigenvalue weighted by Crippen LogP contribution is 2.36. The Balaban J connectivity index is 1.35. The van der Waals surface area contributed by atoms with Crippen LogP contribution >= 0.6 is 0 Å². The lowest BCUT2D eigenvalue weighted by Crippen LogP contribution is -2.46. The van der Waals surface area contributed by atoms with Crippen LogP contribution in [0.3, 0.4) is 0 Å². The zero-order valence-corrected chi connectivity index (χ0v) is 17.2. The van der Waals surface area contributed by atoms with E-state index in [2.05, 4.69) is 34.2 Å². The number of ether oxygens (including phenoxy) is 2. The fourth-order valence-corrected chi connectivity index (χ4v) is 4.05. The topological polar surface area (TPSA) is 54.0 Å². The number of methoxy groups -OCH3 is 1. The predicted octanol–water partition coefficient (Wildman–Crippen LogP) is 3.03. The second-order valence-electron chi connectivity index (χ2n) is 7.62. The maximum absolute atomic E-state index is 12.7. The van der Waals surface area contributed by atoms with Crippen molar-refractivity contribution in [1.29, 1.82) is 0 Å². The van der Waals surface area contributed by atoms with Gasteiger partial charge in [-0.1, -0.05) is 19.1 Å². The predicted molar refractivity (Wildman–Crippen MR) is 115 cm³/mol. The average molecular weight is 396 g/mol. The highest BCUT2D eigenvalue weighted by Gasteiger charge is 2.28. The molecule has 1 N–H and O–H groups in total. The number of nitrogens with zero attached hydrogens (tertiary/aromatic N) is 2. The molecule has 29 heavy (non-hydrogen) atoms. The van der Waals surface area contributed by atoms with E-state index in [9.17, 15) is 4.79 Å². The summed E-state index contributed by atoms with van der Waals surface area (Å²) in [6.07, 6.45) is 0.651. The molecule has 0 saturated carbocycles. The summed E-state index contributed by atoms with van der Waals surface area (Å²) in [4.78, 5) is 17.6. The van der Waals surface area contributed by atoms with Crippen molar-refractivity contribution in [3.8, 4) is 11.5 Å². The van der Waals surface area contributed by atoms with Gasteiger partial charge in [-0.25, -0.2) is 0 Å². The number of nitrogens with one attached hydrogen (secondary N) is 1. The smallest absolute Gasteiger partial charge is 0.231 e. The number of carbonyl (C=O) groups is 1. The van der Waals surface area contributed by atoms with Crippen molar-refractivity contribution in [3.05, 3.63) is 48.0 Å². The molecular weight excluding hydrogens is 366 g/mol. The zero-order valence-electron chi connectivity index (χ0n) is 17.2. The average Bonchev–Trinajstić information content (AvgIpc) is 2.78. The molecule has 2 aromatic rings. The highest BCUT2D eigenvalue weighted by atomic mass is 16.5. The summed E-state index contributed by atoms with van der Waals surface area (Å²) >= 11 is 0. The van der Waals surface area contributed by atoms with Crippen LogP contribution in [0.15, 0.2) is 42.5 Å². The molecule has 1 atom stereocenters. The van der Waals surface area contributed by atoms with Crippen LogP contribution in [0, 0.1) is 5.92 Å². The molecule has 2 aliphatic heterocycles. The molecule has 0 radical (unpaired) electrons. The van der Waals surface area contributed by atoms with E-state index in [1.165, 1.54) is 5.69 Å². The van der Waals surface area contributed by atoms with Gasteiger partial charge in [-0.3, -0.25) is 4.79 Å². The number of anilines is 2. The van der Waals surface area contributed by atoms with E-state index in [-0.39, 0.29) is 11.8 Å². The van der Waals surface area contributed by atoms with Gasteiger partial charge in [0.25, 0.3) is 0 Å². The molecule has 4 rings (SSSR count). The lowest BCUT2D eigenvalue weighted by atomic mass is 9.95. The maximum Gasteiger partial charge on any atom is 0.231 e. The molecule has 6 nitrogen and oxygen atoms in total. The van der Waals surface area contributed by atoms with E-state index >= 15 is 0 Å². The van der Waals surface area contributed by atoms with Crippen LogP contribution in [-0.2, 0) is 11.2 Å². The first-order valence-electron chi connectivity index (χ1n) is 10.3. The lowest BCUT2D eigenvalue weighted by Gasteiger charge is -2.35. The van der Waals surface area contributed by atoms with Crippen molar-refractivity contribution in [3.63, 3.8) is 0 Å². The van der Waals surface area contributed by atoms with Crippen molar-refractivity contribution in [2.24, 2.45) is 5.92 Å². The van der Waals surface area contributed by atoms with Gasteiger partial charge >= 0.3 is 0 Å². The first-order chi connectivity index (χ1) is 14.2. The molecule has 0 bridgehead atoms. The summed E-state index contributed by atoms with van der Waals surface area (Å²) in [5.74, 6) is 1.25. The van der Waals surface area contributed by atoms with Crippen LogP contribution in [0.2, 0.25) is 0 Å². The van der Waals surface area contributed by atoms with Gasteiger partial charge in [0.2, 0.25) is 5.91 Å². The summed E-state index contributed by atoms with van der Waals surface area (Å²) in [6, 6.07) is 14.0. The number of amides is 1. The van der Waals surface area contributed by atoms with Crippen molar-refractivity contribution in [1.82, 2.24) is 4.90 Å². The van der Waals surface area contributed by atoms with Crippen molar-refractivity contribution >= 4 is 17.3 Å². The molecule has 2 heterocycles. The largest absolute Gasteiger partial charge is 0.493 e. The molecule has 2 aromatic carbocycles. The van der Waals surface area contributed by atoms with Crippen LogP contribution < -0.4 is 19.7 Å². The number of para-hydroxylation sites is 1. The summed E-state index contributed by atoms with van der Waals surface area (Å²) in [6.45, 7) is 7.97. The number of piperazine rings is 1. The van der Waals surface area contributed by atoms with E-state index in [0.29, 0.717) is 13.0 Å². The van der Waals surface area contributed by atoms with Gasteiger partial charge in [-0.2, -0.15) is 0 Å². The minimum atomic E-state index is -0.212. The summed E-state index contributed by atoms with van der Waals surface area (Å²) in [7, 11) is 1.63. The Labute approximate surface area is 172 Å². The number of carbonyl (C=O) groups excluding carboxylic acids is 1. The van der Waals surface area contributed by atoms with Crippen LogP contribution in [0.1, 0.15) is 12.5 Å². The second kappa shape index (κ2) is 8.74. The van der Waals surface area contributed by atoms with Crippen LogP contribution in [-0.4, -0.2) is 57.2 Å². The first-order valence-corrected chi connectivity index (χ1v) is 10.3. The Morgan fingerprint density at radius 3 is 2.59 bits per heavy atom. The van der Waals surface area contributed by atoms with E-state index in [4.69, 9.17) is 9.47 Å². The van der Waals surface area contributed by atoms with E-state index in [1.807, 2.05) is 30.3 Å². The van der Waals surface area contributed by atoms with Crippen molar-refractivity contribution in [2.75, 3.05) is 56.7 Å². The highest BCUT2D eigenvalue weighted by molar-refractivity contribution is 5.93. The van der Waals surface area contributed by atoms with Gasteiger partial charge in [-0.15, -0.1) is 0 Å². The lowest BCUT2D eigenvalue weighted by molar-refractivity contribution is -0.121. The molecule has 0 aromatic heterocycles. The maximum atomic E-state index is 12.7. The third-order valence-corrected chi connectivity index (χ3v) is 5.87. The minimum Gasteiger partial charge on any atom is -0.493 e. The number of hydrogen-bond donors (Lipinski definition) is 1. The molecule has 0 spiro atoms. The Hall–Kier alpha value is -2.73. The molecule has 0 aliphatic carbocycles. The molecule has 2 aliphatic rings. The van der Waals surface area contributed by atoms with Crippen LogP contribution in [0.5, 0.6) is 11.5 Å². The fourth-order valence-electron chi connectivity index (χ4n) is 4.05. The molecule has 1 saturated heterocycles. The number of rotatable bonds is 5. The minimum absolute atomic E-state index is 0.0113. The van der Waals surface area contributed by atoms with E-state index < -0.39 is 0 Å². The Morgan fingerprint density at radius 2 is 1.90 bits per heavy atom. The number of likely N-dealkylation sites (N-methyl/N-ethyl adjacent to an activating group) is 1. The standard InChI is InChI=1S/C23H29N3O3/c1-3-25-11-13-26(14-12-25)20-9-7-19(8-10-20)24-23(27)18-15-17-5-4-6-21(28-2)22(17)29-16-18/h4-10,18H,3,11-16H2,1-2H3,(H,24,27). The summed E-state index contributed by atoms with van der Waals surface area (Å²) < 4.78 is 11.2.